The average molecular weight is 244 g/mol. The lowest BCUT2D eigenvalue weighted by Crippen LogP contribution is -2.18. The van der Waals surface area contributed by atoms with E-state index in [9.17, 15) is 4.79 Å². The summed E-state index contributed by atoms with van der Waals surface area (Å²) < 4.78 is 0. The Morgan fingerprint density at radius 1 is 1.33 bits per heavy atom. The molecule has 1 fully saturated rings. The Hall–Kier alpha value is -1.35. The zero-order valence-electron chi connectivity index (χ0n) is 10.8. The highest BCUT2D eigenvalue weighted by Crippen LogP contribution is 2.41. The van der Waals surface area contributed by atoms with Gasteiger partial charge in [-0.1, -0.05) is 12.1 Å². The first-order valence-electron chi connectivity index (χ1n) is 6.88. The molecule has 1 aliphatic carbocycles. The van der Waals surface area contributed by atoms with Gasteiger partial charge in [-0.15, -0.1) is 0 Å². The summed E-state index contributed by atoms with van der Waals surface area (Å²) in [5.74, 6) is 0.947. The van der Waals surface area contributed by atoms with E-state index in [0.29, 0.717) is 12.5 Å². The monoisotopic (exact) mass is 244 g/mol. The van der Waals surface area contributed by atoms with E-state index in [1.807, 2.05) is 7.05 Å². The minimum atomic E-state index is 0.147. The first-order valence-corrected chi connectivity index (χ1v) is 6.88. The molecular formula is C15H20N2O. The van der Waals surface area contributed by atoms with Crippen LogP contribution in [0.1, 0.15) is 42.9 Å². The van der Waals surface area contributed by atoms with Gasteiger partial charge < -0.3 is 10.6 Å². The summed E-state index contributed by atoms with van der Waals surface area (Å²) in [4.78, 5) is 11.5. The zero-order chi connectivity index (χ0) is 12.5. The lowest BCUT2D eigenvalue weighted by Gasteiger charge is -2.18. The van der Waals surface area contributed by atoms with Crippen molar-refractivity contribution in [1.29, 1.82) is 0 Å². The molecule has 1 aromatic carbocycles. The molecule has 2 aliphatic rings. The van der Waals surface area contributed by atoms with E-state index in [4.69, 9.17) is 0 Å². The molecule has 0 radical (unpaired) electrons. The molecule has 96 valence electrons. The molecule has 18 heavy (non-hydrogen) atoms. The second kappa shape index (κ2) is 4.73. The maximum Gasteiger partial charge on any atom is 0.224 e. The quantitative estimate of drug-likeness (QED) is 0.858. The van der Waals surface area contributed by atoms with E-state index in [1.54, 1.807) is 0 Å². The lowest BCUT2D eigenvalue weighted by molar-refractivity contribution is -0.116. The van der Waals surface area contributed by atoms with Crippen LogP contribution in [0.5, 0.6) is 0 Å². The predicted octanol–water partition coefficient (Wildman–Crippen LogP) is 2.63. The third kappa shape index (κ3) is 2.27. The van der Waals surface area contributed by atoms with Gasteiger partial charge in [0, 0.05) is 18.2 Å². The number of carbonyl (C=O) groups is 1. The molecule has 1 unspecified atom stereocenters. The molecule has 2 N–H and O–H groups in total. The highest BCUT2D eigenvalue weighted by Gasteiger charge is 2.31. The van der Waals surface area contributed by atoms with Crippen LogP contribution in [0.2, 0.25) is 0 Å². The summed E-state index contributed by atoms with van der Waals surface area (Å²) in [7, 11) is 2.04. The standard InChI is InChI=1S/C15H20N2O/c1-16-15(10-5-6-10)12-7-8-13-11(9-12)3-2-4-14(18)17-13/h7-10,15-16H,2-6H2,1H3,(H,17,18). The smallest absolute Gasteiger partial charge is 0.224 e. The highest BCUT2D eigenvalue weighted by molar-refractivity contribution is 5.92. The van der Waals surface area contributed by atoms with Crippen LogP contribution in [-0.2, 0) is 11.2 Å². The van der Waals surface area contributed by atoms with Crippen molar-refractivity contribution in [3.63, 3.8) is 0 Å². The molecule has 3 rings (SSSR count). The number of rotatable bonds is 3. The minimum absolute atomic E-state index is 0.147. The molecule has 1 atom stereocenters. The number of fused-ring (bicyclic) bond motifs is 1. The molecule has 1 aliphatic heterocycles. The van der Waals surface area contributed by atoms with Crippen molar-refractivity contribution >= 4 is 11.6 Å². The zero-order valence-corrected chi connectivity index (χ0v) is 10.8. The van der Waals surface area contributed by atoms with Crippen molar-refractivity contribution in [2.75, 3.05) is 12.4 Å². The number of aryl methyl sites for hydroxylation is 1. The van der Waals surface area contributed by atoms with E-state index in [1.165, 1.54) is 24.0 Å². The molecule has 0 bridgehead atoms. The Morgan fingerprint density at radius 3 is 2.89 bits per heavy atom. The van der Waals surface area contributed by atoms with Crippen LogP contribution in [0.25, 0.3) is 0 Å². The van der Waals surface area contributed by atoms with Gasteiger partial charge in [-0.3, -0.25) is 4.79 Å². The Bertz CT molecular complexity index is 466. The van der Waals surface area contributed by atoms with Crippen LogP contribution in [-0.4, -0.2) is 13.0 Å². The second-order valence-corrected chi connectivity index (χ2v) is 5.42. The van der Waals surface area contributed by atoms with E-state index in [-0.39, 0.29) is 5.91 Å². The molecular weight excluding hydrogens is 224 g/mol. The predicted molar refractivity (Wildman–Crippen MR) is 72.5 cm³/mol. The van der Waals surface area contributed by atoms with Crippen molar-refractivity contribution < 1.29 is 4.79 Å². The van der Waals surface area contributed by atoms with Crippen LogP contribution < -0.4 is 10.6 Å². The molecule has 1 amide bonds. The molecule has 0 spiro atoms. The summed E-state index contributed by atoms with van der Waals surface area (Å²) in [5, 5.41) is 6.42. The van der Waals surface area contributed by atoms with Gasteiger partial charge in [0.25, 0.3) is 0 Å². The Balaban J connectivity index is 1.89. The van der Waals surface area contributed by atoms with Crippen molar-refractivity contribution in [2.24, 2.45) is 5.92 Å². The van der Waals surface area contributed by atoms with Crippen LogP contribution in [0.15, 0.2) is 18.2 Å². The number of benzene rings is 1. The molecule has 1 heterocycles. The summed E-state index contributed by atoms with van der Waals surface area (Å²) >= 11 is 0. The van der Waals surface area contributed by atoms with Crippen LogP contribution in [0, 0.1) is 5.92 Å². The topological polar surface area (TPSA) is 41.1 Å². The van der Waals surface area contributed by atoms with Gasteiger partial charge in [0.2, 0.25) is 5.91 Å². The fraction of sp³-hybridized carbons (Fsp3) is 0.533. The number of hydrogen-bond acceptors (Lipinski definition) is 2. The van der Waals surface area contributed by atoms with Gasteiger partial charge in [0.1, 0.15) is 0 Å². The maximum atomic E-state index is 11.5. The van der Waals surface area contributed by atoms with Crippen molar-refractivity contribution in [3.8, 4) is 0 Å². The number of carbonyl (C=O) groups excluding carboxylic acids is 1. The number of nitrogens with one attached hydrogen (secondary N) is 2. The van der Waals surface area contributed by atoms with Gasteiger partial charge in [-0.05, 0) is 55.8 Å². The summed E-state index contributed by atoms with van der Waals surface area (Å²) in [6, 6.07) is 6.99. The second-order valence-electron chi connectivity index (χ2n) is 5.42. The Morgan fingerprint density at radius 2 is 2.17 bits per heavy atom. The molecule has 3 heteroatoms. The Labute approximate surface area is 108 Å². The number of anilines is 1. The Kier molecular flexibility index (Phi) is 3.08. The maximum absolute atomic E-state index is 11.5. The summed E-state index contributed by atoms with van der Waals surface area (Å²) in [6.45, 7) is 0. The van der Waals surface area contributed by atoms with Crippen molar-refractivity contribution in [2.45, 2.75) is 38.1 Å². The largest absolute Gasteiger partial charge is 0.326 e. The van der Waals surface area contributed by atoms with Gasteiger partial charge >= 0.3 is 0 Å². The van der Waals surface area contributed by atoms with Crippen molar-refractivity contribution in [3.05, 3.63) is 29.3 Å². The third-order valence-corrected chi connectivity index (χ3v) is 4.02. The summed E-state index contributed by atoms with van der Waals surface area (Å²) in [6.07, 6.45) is 5.26. The van der Waals surface area contributed by atoms with Crippen LogP contribution in [0.3, 0.4) is 0 Å². The molecule has 3 nitrogen and oxygen atoms in total. The van der Waals surface area contributed by atoms with E-state index in [2.05, 4.69) is 28.8 Å². The van der Waals surface area contributed by atoms with Crippen LogP contribution in [0.4, 0.5) is 5.69 Å². The first kappa shape index (κ1) is 11.7. The molecule has 0 saturated heterocycles. The van der Waals surface area contributed by atoms with Crippen LogP contribution >= 0.6 is 0 Å². The SMILES string of the molecule is CNC(c1ccc2c(c1)CCCC(=O)N2)C1CC1. The van der Waals surface area contributed by atoms with E-state index < -0.39 is 0 Å². The number of hydrogen-bond donors (Lipinski definition) is 2. The normalized spacial score (nSPS) is 20.8. The highest BCUT2D eigenvalue weighted by atomic mass is 16.1. The first-order chi connectivity index (χ1) is 8.78. The molecule has 1 saturated carbocycles. The van der Waals surface area contributed by atoms with Gasteiger partial charge in [0.15, 0.2) is 0 Å². The van der Waals surface area contributed by atoms with Gasteiger partial charge in [-0.2, -0.15) is 0 Å². The molecule has 0 aromatic heterocycles. The van der Waals surface area contributed by atoms with E-state index >= 15 is 0 Å². The number of amides is 1. The lowest BCUT2D eigenvalue weighted by atomic mass is 9.97. The van der Waals surface area contributed by atoms with E-state index in [0.717, 1.165) is 24.4 Å². The fourth-order valence-electron chi connectivity index (χ4n) is 2.89. The molecule has 1 aromatic rings. The minimum Gasteiger partial charge on any atom is -0.326 e. The average Bonchev–Trinajstić information content (AvgIpc) is 3.17. The van der Waals surface area contributed by atoms with Gasteiger partial charge in [-0.25, -0.2) is 0 Å². The van der Waals surface area contributed by atoms with Gasteiger partial charge in [0.05, 0.1) is 0 Å². The third-order valence-electron chi connectivity index (χ3n) is 4.02. The summed E-state index contributed by atoms with van der Waals surface area (Å²) in [5.41, 5.74) is 3.67. The fourth-order valence-corrected chi connectivity index (χ4v) is 2.89. The van der Waals surface area contributed by atoms with Crippen molar-refractivity contribution in [1.82, 2.24) is 5.32 Å².